The Labute approximate surface area is 89.7 Å². The number of aliphatic carboxylic acids is 1. The molecule has 1 atom stereocenters. The van der Waals surface area contributed by atoms with E-state index in [4.69, 9.17) is 5.11 Å². The lowest BCUT2D eigenvalue weighted by Gasteiger charge is -2.09. The van der Waals surface area contributed by atoms with Crippen molar-refractivity contribution in [3.8, 4) is 0 Å². The van der Waals surface area contributed by atoms with Gasteiger partial charge in [0.15, 0.2) is 5.69 Å². The molecule has 0 bridgehead atoms. The van der Waals surface area contributed by atoms with E-state index >= 15 is 0 Å². The van der Waals surface area contributed by atoms with Gasteiger partial charge in [0, 0.05) is 6.20 Å². The van der Waals surface area contributed by atoms with Gasteiger partial charge in [-0.3, -0.25) is 9.48 Å². The summed E-state index contributed by atoms with van der Waals surface area (Å²) in [7, 11) is 0. The molecule has 0 aliphatic rings. The van der Waals surface area contributed by atoms with E-state index in [0.29, 0.717) is 0 Å². The third kappa shape index (κ3) is 2.74. The Kier molecular flexibility index (Phi) is 3.25. The highest BCUT2D eigenvalue weighted by atomic mass is 19.4. The molecule has 0 fully saturated rings. The molecule has 1 aromatic rings. The van der Waals surface area contributed by atoms with E-state index in [1.807, 2.05) is 0 Å². The van der Waals surface area contributed by atoms with E-state index in [0.717, 1.165) is 4.68 Å². The molecule has 90 valence electrons. The van der Waals surface area contributed by atoms with Gasteiger partial charge in [0.1, 0.15) is 0 Å². The minimum atomic E-state index is -4.50. The Morgan fingerprint density at radius 2 is 2.19 bits per heavy atom. The van der Waals surface area contributed by atoms with Crippen LogP contribution in [0.2, 0.25) is 0 Å². The standard InChI is InChI=1S/C9H11F3N2O2/c1-5-4-14(6(2)3-7(15)16)13-8(5)9(10,11)12/h4,6H,3H2,1-2H3,(H,15,16)/t6-/m1/s1. The second-order valence-electron chi connectivity index (χ2n) is 3.59. The number of halogens is 3. The van der Waals surface area contributed by atoms with Gasteiger partial charge in [-0.15, -0.1) is 0 Å². The van der Waals surface area contributed by atoms with Crippen LogP contribution in [0.5, 0.6) is 0 Å². The molecule has 0 saturated heterocycles. The summed E-state index contributed by atoms with van der Waals surface area (Å²) in [6.45, 7) is 2.79. The molecule has 0 aromatic carbocycles. The number of aryl methyl sites for hydroxylation is 1. The zero-order chi connectivity index (χ0) is 12.5. The Morgan fingerprint density at radius 1 is 1.62 bits per heavy atom. The molecule has 0 saturated carbocycles. The van der Waals surface area contributed by atoms with Gasteiger partial charge in [0.2, 0.25) is 0 Å². The smallest absolute Gasteiger partial charge is 0.435 e. The number of aromatic nitrogens is 2. The van der Waals surface area contributed by atoms with Crippen molar-refractivity contribution >= 4 is 5.97 Å². The predicted octanol–water partition coefficient (Wildman–Crippen LogP) is 2.25. The average molecular weight is 236 g/mol. The van der Waals surface area contributed by atoms with Crippen molar-refractivity contribution in [1.29, 1.82) is 0 Å². The number of rotatable bonds is 3. The van der Waals surface area contributed by atoms with Gasteiger partial charge in [-0.05, 0) is 19.4 Å². The number of carboxylic acids is 1. The third-order valence-electron chi connectivity index (χ3n) is 2.11. The maximum absolute atomic E-state index is 12.4. The first-order chi connectivity index (χ1) is 7.21. The van der Waals surface area contributed by atoms with Crippen LogP contribution in [-0.2, 0) is 11.0 Å². The number of alkyl halides is 3. The summed E-state index contributed by atoms with van der Waals surface area (Å²) in [5.74, 6) is -1.07. The van der Waals surface area contributed by atoms with Crippen molar-refractivity contribution in [3.05, 3.63) is 17.5 Å². The Balaban J connectivity index is 2.97. The van der Waals surface area contributed by atoms with E-state index in [9.17, 15) is 18.0 Å². The maximum atomic E-state index is 12.4. The summed E-state index contributed by atoms with van der Waals surface area (Å²) in [5, 5.41) is 11.9. The zero-order valence-corrected chi connectivity index (χ0v) is 8.75. The van der Waals surface area contributed by atoms with Crippen LogP contribution in [0.15, 0.2) is 6.20 Å². The fourth-order valence-corrected chi connectivity index (χ4v) is 1.34. The van der Waals surface area contributed by atoms with E-state index < -0.39 is 23.9 Å². The molecule has 1 aromatic heterocycles. The predicted molar refractivity (Wildman–Crippen MR) is 48.9 cm³/mol. The number of hydrogen-bond acceptors (Lipinski definition) is 2. The summed E-state index contributed by atoms with van der Waals surface area (Å²) in [5.41, 5.74) is -0.977. The summed E-state index contributed by atoms with van der Waals surface area (Å²) in [6.07, 6.45) is -3.56. The molecule has 16 heavy (non-hydrogen) atoms. The summed E-state index contributed by atoms with van der Waals surface area (Å²) in [6, 6.07) is -0.604. The van der Waals surface area contributed by atoms with E-state index in [2.05, 4.69) is 5.10 Å². The second-order valence-corrected chi connectivity index (χ2v) is 3.59. The quantitative estimate of drug-likeness (QED) is 0.875. The van der Waals surface area contributed by atoms with Crippen molar-refractivity contribution in [3.63, 3.8) is 0 Å². The summed E-state index contributed by atoms with van der Waals surface area (Å²) >= 11 is 0. The topological polar surface area (TPSA) is 55.1 Å². The van der Waals surface area contributed by atoms with E-state index in [1.54, 1.807) is 0 Å². The van der Waals surface area contributed by atoms with Gasteiger partial charge in [-0.1, -0.05) is 0 Å². The van der Waals surface area contributed by atoms with Crippen LogP contribution in [0.4, 0.5) is 13.2 Å². The van der Waals surface area contributed by atoms with Gasteiger partial charge in [0.25, 0.3) is 0 Å². The van der Waals surface area contributed by atoms with Crippen molar-refractivity contribution in [2.24, 2.45) is 0 Å². The number of carbonyl (C=O) groups is 1. The lowest BCUT2D eigenvalue weighted by molar-refractivity contribution is -0.142. The molecule has 0 aliphatic heterocycles. The number of hydrogen-bond donors (Lipinski definition) is 1. The van der Waals surface area contributed by atoms with Gasteiger partial charge in [0.05, 0.1) is 12.5 Å². The Hall–Kier alpha value is -1.53. The first-order valence-corrected chi connectivity index (χ1v) is 4.56. The molecule has 0 unspecified atom stereocenters. The highest BCUT2D eigenvalue weighted by molar-refractivity contribution is 5.67. The van der Waals surface area contributed by atoms with Gasteiger partial charge in [-0.25, -0.2) is 0 Å². The summed E-state index contributed by atoms with van der Waals surface area (Å²) < 4.78 is 38.2. The van der Waals surface area contributed by atoms with E-state index in [-0.39, 0.29) is 12.0 Å². The van der Waals surface area contributed by atoms with Crippen LogP contribution in [-0.4, -0.2) is 20.9 Å². The Morgan fingerprint density at radius 3 is 2.56 bits per heavy atom. The molecule has 7 heteroatoms. The highest BCUT2D eigenvalue weighted by Crippen LogP contribution is 2.31. The first-order valence-electron chi connectivity index (χ1n) is 4.56. The molecule has 1 rings (SSSR count). The highest BCUT2D eigenvalue weighted by Gasteiger charge is 2.36. The molecule has 4 nitrogen and oxygen atoms in total. The van der Waals surface area contributed by atoms with Gasteiger partial charge in [-0.2, -0.15) is 18.3 Å². The van der Waals surface area contributed by atoms with Gasteiger partial charge < -0.3 is 5.11 Å². The van der Waals surface area contributed by atoms with Crippen LogP contribution < -0.4 is 0 Å². The minimum absolute atomic E-state index is 0.00950. The van der Waals surface area contributed by atoms with Crippen molar-refractivity contribution in [2.45, 2.75) is 32.5 Å². The molecule has 1 N–H and O–H groups in total. The number of nitrogens with zero attached hydrogens (tertiary/aromatic N) is 2. The van der Waals surface area contributed by atoms with Crippen LogP contribution >= 0.6 is 0 Å². The lowest BCUT2D eigenvalue weighted by Crippen LogP contribution is -2.13. The van der Waals surface area contributed by atoms with Crippen molar-refractivity contribution < 1.29 is 23.1 Å². The zero-order valence-electron chi connectivity index (χ0n) is 8.75. The maximum Gasteiger partial charge on any atom is 0.435 e. The van der Waals surface area contributed by atoms with Crippen LogP contribution in [0, 0.1) is 6.92 Å². The van der Waals surface area contributed by atoms with Crippen molar-refractivity contribution in [1.82, 2.24) is 9.78 Å². The molecular formula is C9H11F3N2O2. The normalized spacial score (nSPS) is 13.8. The molecule has 0 aliphatic carbocycles. The summed E-state index contributed by atoms with van der Waals surface area (Å²) in [4.78, 5) is 10.4. The van der Waals surface area contributed by atoms with Crippen molar-refractivity contribution in [2.75, 3.05) is 0 Å². The molecule has 0 amide bonds. The van der Waals surface area contributed by atoms with E-state index in [1.165, 1.54) is 20.0 Å². The van der Waals surface area contributed by atoms with Gasteiger partial charge >= 0.3 is 12.1 Å². The monoisotopic (exact) mass is 236 g/mol. The van der Waals surface area contributed by atoms with Crippen LogP contribution in [0.25, 0.3) is 0 Å². The largest absolute Gasteiger partial charge is 0.481 e. The fraction of sp³-hybridized carbons (Fsp3) is 0.556. The first kappa shape index (κ1) is 12.5. The average Bonchev–Trinajstić information content (AvgIpc) is 2.44. The molecule has 1 heterocycles. The SMILES string of the molecule is Cc1cn([C@H](C)CC(=O)O)nc1C(F)(F)F. The minimum Gasteiger partial charge on any atom is -0.481 e. The fourth-order valence-electron chi connectivity index (χ4n) is 1.34. The Bertz CT molecular complexity index is 398. The molecule has 0 radical (unpaired) electrons. The number of carboxylic acid groups (broad SMARTS) is 1. The third-order valence-corrected chi connectivity index (χ3v) is 2.11. The molecule has 0 spiro atoms. The second kappa shape index (κ2) is 4.15. The lowest BCUT2D eigenvalue weighted by atomic mass is 10.2. The molecular weight excluding hydrogens is 225 g/mol. The van der Waals surface area contributed by atoms with Crippen LogP contribution in [0.1, 0.15) is 30.6 Å². The van der Waals surface area contributed by atoms with Crippen LogP contribution in [0.3, 0.4) is 0 Å².